The van der Waals surface area contributed by atoms with Gasteiger partial charge in [-0.05, 0) is 0 Å². The number of carbonyl (C=O) groups is 1. The molecule has 1 aliphatic heterocycles. The molecule has 1 heterocycles. The van der Waals surface area contributed by atoms with Crippen molar-refractivity contribution in [1.29, 1.82) is 0 Å². The molecule has 0 N–H and O–H groups in total. The highest BCUT2D eigenvalue weighted by atomic mass is 16.5. The second kappa shape index (κ2) is 3.68. The smallest absolute Gasteiger partial charge is 0.142 e. The van der Waals surface area contributed by atoms with Crippen molar-refractivity contribution >= 4 is 5.78 Å². The van der Waals surface area contributed by atoms with Crippen molar-refractivity contribution in [3.05, 3.63) is 0 Å². The third kappa shape index (κ3) is 1.78. The number of ketones is 1. The molecule has 0 bridgehead atoms. The molecule has 0 unspecified atom stereocenters. The van der Waals surface area contributed by atoms with Gasteiger partial charge in [-0.25, -0.2) is 0 Å². The SMILES string of the molecule is COC[C@@H]1COCCC1=O. The van der Waals surface area contributed by atoms with Gasteiger partial charge in [0.25, 0.3) is 0 Å². The van der Waals surface area contributed by atoms with Crippen LogP contribution in [0.3, 0.4) is 0 Å². The van der Waals surface area contributed by atoms with Crippen molar-refractivity contribution in [3.63, 3.8) is 0 Å². The minimum Gasteiger partial charge on any atom is -0.384 e. The maximum absolute atomic E-state index is 11.0. The molecule has 0 aromatic carbocycles. The zero-order chi connectivity index (χ0) is 7.40. The van der Waals surface area contributed by atoms with Crippen LogP contribution in [-0.4, -0.2) is 32.7 Å². The number of carbonyl (C=O) groups excluding carboxylic acids is 1. The van der Waals surface area contributed by atoms with E-state index in [0.29, 0.717) is 26.2 Å². The van der Waals surface area contributed by atoms with E-state index in [0.717, 1.165) is 0 Å². The van der Waals surface area contributed by atoms with Gasteiger partial charge in [0.1, 0.15) is 5.78 Å². The van der Waals surface area contributed by atoms with Crippen molar-refractivity contribution in [2.45, 2.75) is 6.42 Å². The minimum atomic E-state index is -0.0150. The standard InChI is InChI=1S/C7H12O3/c1-9-4-6-5-10-3-2-7(6)8/h6H,2-5H2,1H3/t6-/m1/s1. The molecule has 0 aliphatic carbocycles. The van der Waals surface area contributed by atoms with Crippen LogP contribution in [0.2, 0.25) is 0 Å². The average molecular weight is 144 g/mol. The molecule has 1 saturated heterocycles. The Kier molecular flexibility index (Phi) is 2.83. The molecule has 0 aromatic heterocycles. The van der Waals surface area contributed by atoms with E-state index in [4.69, 9.17) is 9.47 Å². The van der Waals surface area contributed by atoms with Crippen LogP contribution in [0.25, 0.3) is 0 Å². The first-order valence-corrected chi connectivity index (χ1v) is 3.44. The minimum absolute atomic E-state index is 0.0150. The molecule has 1 rings (SSSR count). The molecule has 0 radical (unpaired) electrons. The van der Waals surface area contributed by atoms with E-state index in [2.05, 4.69) is 0 Å². The van der Waals surface area contributed by atoms with E-state index >= 15 is 0 Å². The fraction of sp³-hybridized carbons (Fsp3) is 0.857. The number of methoxy groups -OCH3 is 1. The number of hydrogen-bond acceptors (Lipinski definition) is 3. The topological polar surface area (TPSA) is 35.5 Å². The Hall–Kier alpha value is -0.410. The van der Waals surface area contributed by atoms with Gasteiger partial charge in [0.2, 0.25) is 0 Å². The number of Topliss-reactive ketones (excluding diaryl/α,β-unsaturated/α-hetero) is 1. The van der Waals surface area contributed by atoms with Crippen LogP contribution in [-0.2, 0) is 14.3 Å². The first-order valence-electron chi connectivity index (χ1n) is 3.44. The van der Waals surface area contributed by atoms with Gasteiger partial charge in [-0.3, -0.25) is 4.79 Å². The molecule has 58 valence electrons. The summed E-state index contributed by atoms with van der Waals surface area (Å²) >= 11 is 0. The Labute approximate surface area is 60.3 Å². The third-order valence-electron chi connectivity index (χ3n) is 1.64. The zero-order valence-electron chi connectivity index (χ0n) is 6.13. The average Bonchev–Trinajstić information content (AvgIpc) is 1.94. The molecule has 0 spiro atoms. The summed E-state index contributed by atoms with van der Waals surface area (Å²) in [6, 6.07) is 0. The molecular formula is C7H12O3. The molecule has 1 fully saturated rings. The van der Waals surface area contributed by atoms with Gasteiger partial charge in [0, 0.05) is 13.5 Å². The summed E-state index contributed by atoms with van der Waals surface area (Å²) in [5.74, 6) is 0.256. The van der Waals surface area contributed by atoms with E-state index in [1.54, 1.807) is 7.11 Å². The summed E-state index contributed by atoms with van der Waals surface area (Å²) in [5.41, 5.74) is 0. The predicted molar refractivity (Wildman–Crippen MR) is 35.8 cm³/mol. The van der Waals surface area contributed by atoms with Crippen LogP contribution >= 0.6 is 0 Å². The lowest BCUT2D eigenvalue weighted by atomic mass is 10.0. The van der Waals surface area contributed by atoms with Gasteiger partial charge in [-0.2, -0.15) is 0 Å². The van der Waals surface area contributed by atoms with Gasteiger partial charge in [-0.15, -0.1) is 0 Å². The quantitative estimate of drug-likeness (QED) is 0.557. The second-order valence-corrected chi connectivity index (χ2v) is 2.44. The second-order valence-electron chi connectivity index (χ2n) is 2.44. The van der Waals surface area contributed by atoms with E-state index in [1.807, 2.05) is 0 Å². The zero-order valence-corrected chi connectivity index (χ0v) is 6.13. The Morgan fingerprint density at radius 2 is 2.60 bits per heavy atom. The third-order valence-corrected chi connectivity index (χ3v) is 1.64. The lowest BCUT2D eigenvalue weighted by molar-refractivity contribution is -0.132. The van der Waals surface area contributed by atoms with Crippen molar-refractivity contribution in [1.82, 2.24) is 0 Å². The van der Waals surface area contributed by atoms with Crippen molar-refractivity contribution in [2.24, 2.45) is 5.92 Å². The van der Waals surface area contributed by atoms with Crippen LogP contribution in [0.1, 0.15) is 6.42 Å². The fourth-order valence-electron chi connectivity index (χ4n) is 1.04. The number of hydrogen-bond donors (Lipinski definition) is 0. The summed E-state index contributed by atoms with van der Waals surface area (Å²) in [6.45, 7) is 1.62. The molecule has 1 aliphatic rings. The first-order chi connectivity index (χ1) is 4.84. The van der Waals surface area contributed by atoms with Crippen LogP contribution in [0.4, 0.5) is 0 Å². The highest BCUT2D eigenvalue weighted by Gasteiger charge is 2.21. The Morgan fingerprint density at radius 1 is 1.80 bits per heavy atom. The van der Waals surface area contributed by atoms with Crippen LogP contribution in [0.5, 0.6) is 0 Å². The van der Waals surface area contributed by atoms with Gasteiger partial charge in [-0.1, -0.05) is 0 Å². The summed E-state index contributed by atoms with van der Waals surface area (Å²) in [7, 11) is 1.60. The van der Waals surface area contributed by atoms with Gasteiger partial charge in [0.05, 0.1) is 25.7 Å². The first kappa shape index (κ1) is 7.69. The number of ether oxygens (including phenoxy) is 2. The maximum atomic E-state index is 11.0. The molecule has 10 heavy (non-hydrogen) atoms. The molecule has 3 heteroatoms. The Bertz CT molecular complexity index is 120. The highest BCUT2D eigenvalue weighted by Crippen LogP contribution is 2.09. The summed E-state index contributed by atoms with van der Waals surface area (Å²) in [4.78, 5) is 11.0. The summed E-state index contributed by atoms with van der Waals surface area (Å²) in [6.07, 6.45) is 0.550. The monoisotopic (exact) mass is 144 g/mol. The summed E-state index contributed by atoms with van der Waals surface area (Å²) < 4.78 is 9.96. The predicted octanol–water partition coefficient (Wildman–Crippen LogP) is 0.238. The lowest BCUT2D eigenvalue weighted by Crippen LogP contribution is -2.30. The molecule has 0 saturated carbocycles. The maximum Gasteiger partial charge on any atom is 0.142 e. The van der Waals surface area contributed by atoms with Crippen LogP contribution < -0.4 is 0 Å². The van der Waals surface area contributed by atoms with Crippen LogP contribution in [0.15, 0.2) is 0 Å². The highest BCUT2D eigenvalue weighted by molar-refractivity contribution is 5.81. The van der Waals surface area contributed by atoms with E-state index in [9.17, 15) is 4.79 Å². The fourth-order valence-corrected chi connectivity index (χ4v) is 1.04. The largest absolute Gasteiger partial charge is 0.384 e. The summed E-state index contributed by atoms with van der Waals surface area (Å²) in [5, 5.41) is 0. The molecule has 3 nitrogen and oxygen atoms in total. The van der Waals surface area contributed by atoms with E-state index in [-0.39, 0.29) is 11.7 Å². The van der Waals surface area contributed by atoms with E-state index in [1.165, 1.54) is 0 Å². The molecule has 0 amide bonds. The molecular weight excluding hydrogens is 132 g/mol. The normalized spacial score (nSPS) is 26.9. The van der Waals surface area contributed by atoms with Crippen molar-refractivity contribution in [3.8, 4) is 0 Å². The van der Waals surface area contributed by atoms with Gasteiger partial charge in [0.15, 0.2) is 0 Å². The van der Waals surface area contributed by atoms with Crippen molar-refractivity contribution in [2.75, 3.05) is 26.9 Å². The van der Waals surface area contributed by atoms with Gasteiger partial charge >= 0.3 is 0 Å². The van der Waals surface area contributed by atoms with E-state index < -0.39 is 0 Å². The van der Waals surface area contributed by atoms with Crippen molar-refractivity contribution < 1.29 is 14.3 Å². The Morgan fingerprint density at radius 3 is 3.20 bits per heavy atom. The van der Waals surface area contributed by atoms with Crippen LogP contribution in [0, 0.1) is 5.92 Å². The number of rotatable bonds is 2. The molecule has 1 atom stereocenters. The Balaban J connectivity index is 2.32. The lowest BCUT2D eigenvalue weighted by Gasteiger charge is -2.19. The van der Waals surface area contributed by atoms with Gasteiger partial charge < -0.3 is 9.47 Å². The molecule has 0 aromatic rings.